The van der Waals surface area contributed by atoms with Crippen LogP contribution in [0.3, 0.4) is 0 Å². The van der Waals surface area contributed by atoms with E-state index in [2.05, 4.69) is 31.4 Å². The summed E-state index contributed by atoms with van der Waals surface area (Å²) < 4.78 is 7.07. The Labute approximate surface area is 174 Å². The Bertz CT molecular complexity index is 1130. The summed E-state index contributed by atoms with van der Waals surface area (Å²) in [5.41, 5.74) is 4.35. The van der Waals surface area contributed by atoms with E-state index in [-0.39, 0.29) is 5.91 Å². The molecule has 1 saturated heterocycles. The molecule has 4 heterocycles. The third kappa shape index (κ3) is 3.82. The number of ether oxygens (including phenoxy) is 1. The third-order valence-electron chi connectivity index (χ3n) is 5.30. The molecule has 9 nitrogen and oxygen atoms in total. The maximum atomic E-state index is 12.7. The van der Waals surface area contributed by atoms with Gasteiger partial charge in [0.05, 0.1) is 25.1 Å². The fourth-order valence-electron chi connectivity index (χ4n) is 3.72. The summed E-state index contributed by atoms with van der Waals surface area (Å²) in [6.45, 7) is 6.63. The van der Waals surface area contributed by atoms with Crippen LogP contribution in [0.4, 0.5) is 11.5 Å². The summed E-state index contributed by atoms with van der Waals surface area (Å²) in [5, 5.41) is 16.5. The van der Waals surface area contributed by atoms with Gasteiger partial charge in [-0.3, -0.25) is 4.79 Å². The van der Waals surface area contributed by atoms with E-state index in [1.807, 2.05) is 26.0 Å². The zero-order valence-corrected chi connectivity index (χ0v) is 17.1. The molecule has 3 aromatic heterocycles. The SMILES string of the molecule is Cc1nc2c(C#N)cnn2c(C)c1CCC(=O)Nc1cccnc1N1CCOCC1. The number of amides is 1. The van der Waals surface area contributed by atoms with Crippen LogP contribution in [-0.4, -0.2) is 51.8 Å². The topological polar surface area (TPSA) is 108 Å². The van der Waals surface area contributed by atoms with Crippen molar-refractivity contribution in [3.05, 3.63) is 47.0 Å². The fourth-order valence-corrected chi connectivity index (χ4v) is 3.72. The van der Waals surface area contributed by atoms with Gasteiger partial charge in [-0.05, 0) is 38.0 Å². The molecule has 3 aromatic rings. The minimum atomic E-state index is -0.0883. The lowest BCUT2D eigenvalue weighted by atomic mass is 10.1. The second kappa shape index (κ2) is 8.47. The highest BCUT2D eigenvalue weighted by molar-refractivity contribution is 5.93. The van der Waals surface area contributed by atoms with Crippen molar-refractivity contribution in [1.29, 1.82) is 5.26 Å². The van der Waals surface area contributed by atoms with Gasteiger partial charge in [-0.25, -0.2) is 14.5 Å². The van der Waals surface area contributed by atoms with Crippen LogP contribution in [0.15, 0.2) is 24.5 Å². The van der Waals surface area contributed by atoms with Crippen molar-refractivity contribution in [3.8, 4) is 6.07 Å². The van der Waals surface area contributed by atoms with Crippen molar-refractivity contribution in [2.45, 2.75) is 26.7 Å². The monoisotopic (exact) mass is 405 g/mol. The predicted molar refractivity (Wildman–Crippen MR) is 111 cm³/mol. The van der Waals surface area contributed by atoms with Crippen LogP contribution in [0.2, 0.25) is 0 Å². The standard InChI is InChI=1S/C21H23N7O2/c1-14-17(15(2)28-20(25-14)16(12-22)13-24-28)5-6-19(29)26-18-4-3-7-23-21(18)27-8-10-30-11-9-27/h3-4,7,13H,5-6,8-11H2,1-2H3,(H,26,29). The number of morpholine rings is 1. The highest BCUT2D eigenvalue weighted by Crippen LogP contribution is 2.24. The first kappa shape index (κ1) is 19.8. The largest absolute Gasteiger partial charge is 0.378 e. The minimum absolute atomic E-state index is 0.0883. The number of fused-ring (bicyclic) bond motifs is 1. The molecule has 1 fully saturated rings. The molecule has 0 aliphatic carbocycles. The van der Waals surface area contributed by atoms with E-state index in [0.29, 0.717) is 43.0 Å². The summed E-state index contributed by atoms with van der Waals surface area (Å²) in [6, 6.07) is 5.79. The van der Waals surface area contributed by atoms with Gasteiger partial charge in [0, 0.05) is 37.1 Å². The molecule has 9 heteroatoms. The summed E-state index contributed by atoms with van der Waals surface area (Å²) in [4.78, 5) is 23.8. The quantitative estimate of drug-likeness (QED) is 0.692. The molecule has 1 amide bonds. The smallest absolute Gasteiger partial charge is 0.224 e. The molecule has 0 radical (unpaired) electrons. The Balaban J connectivity index is 1.48. The summed E-state index contributed by atoms with van der Waals surface area (Å²) in [7, 11) is 0. The fraction of sp³-hybridized carbons (Fsp3) is 0.381. The second-order valence-corrected chi connectivity index (χ2v) is 7.19. The average Bonchev–Trinajstić information content (AvgIpc) is 3.17. The molecule has 30 heavy (non-hydrogen) atoms. The maximum absolute atomic E-state index is 12.7. The van der Waals surface area contributed by atoms with Gasteiger partial charge in [0.1, 0.15) is 11.6 Å². The average molecular weight is 405 g/mol. The first-order valence-electron chi connectivity index (χ1n) is 9.90. The number of nitrogens with zero attached hydrogens (tertiary/aromatic N) is 6. The lowest BCUT2D eigenvalue weighted by Gasteiger charge is -2.29. The normalized spacial score (nSPS) is 14.0. The van der Waals surface area contributed by atoms with Crippen LogP contribution >= 0.6 is 0 Å². The van der Waals surface area contributed by atoms with Crippen molar-refractivity contribution in [2.24, 2.45) is 0 Å². The Morgan fingerprint density at radius 2 is 2.13 bits per heavy atom. The Morgan fingerprint density at radius 1 is 1.33 bits per heavy atom. The molecular weight excluding hydrogens is 382 g/mol. The Hall–Kier alpha value is -3.51. The second-order valence-electron chi connectivity index (χ2n) is 7.19. The molecule has 0 aromatic carbocycles. The molecule has 1 aliphatic rings. The first-order chi connectivity index (χ1) is 14.6. The van der Waals surface area contributed by atoms with E-state index in [0.717, 1.165) is 35.9 Å². The van der Waals surface area contributed by atoms with Crippen LogP contribution in [0.5, 0.6) is 0 Å². The summed E-state index contributed by atoms with van der Waals surface area (Å²) in [5.74, 6) is 0.680. The van der Waals surface area contributed by atoms with Gasteiger partial charge >= 0.3 is 0 Å². The molecule has 0 bridgehead atoms. The number of nitriles is 1. The molecule has 1 aliphatic heterocycles. The maximum Gasteiger partial charge on any atom is 0.224 e. The van der Waals surface area contributed by atoms with Crippen LogP contribution < -0.4 is 10.2 Å². The molecule has 0 spiro atoms. The van der Waals surface area contributed by atoms with Crippen molar-refractivity contribution >= 4 is 23.1 Å². The molecule has 0 saturated carbocycles. The molecule has 4 rings (SSSR count). The first-order valence-corrected chi connectivity index (χ1v) is 9.90. The van der Waals surface area contributed by atoms with Gasteiger partial charge in [-0.15, -0.1) is 0 Å². The summed E-state index contributed by atoms with van der Waals surface area (Å²) >= 11 is 0. The Morgan fingerprint density at radius 3 is 2.90 bits per heavy atom. The molecule has 0 atom stereocenters. The number of nitrogens with one attached hydrogen (secondary N) is 1. The van der Waals surface area contributed by atoms with Gasteiger partial charge < -0.3 is 15.0 Å². The number of carbonyl (C=O) groups excluding carboxylic acids is 1. The number of hydrogen-bond acceptors (Lipinski definition) is 7. The van der Waals surface area contributed by atoms with Crippen LogP contribution in [-0.2, 0) is 16.0 Å². The van der Waals surface area contributed by atoms with Gasteiger partial charge in [-0.2, -0.15) is 10.4 Å². The van der Waals surface area contributed by atoms with E-state index in [9.17, 15) is 10.1 Å². The van der Waals surface area contributed by atoms with Gasteiger partial charge in [0.25, 0.3) is 0 Å². The number of hydrogen-bond donors (Lipinski definition) is 1. The van der Waals surface area contributed by atoms with Gasteiger partial charge in [0.15, 0.2) is 11.5 Å². The number of carbonyl (C=O) groups is 1. The van der Waals surface area contributed by atoms with Crippen molar-refractivity contribution in [1.82, 2.24) is 19.6 Å². The Kier molecular flexibility index (Phi) is 5.59. The molecular formula is C21H23N7O2. The number of rotatable bonds is 5. The van der Waals surface area contributed by atoms with Gasteiger partial charge in [-0.1, -0.05) is 0 Å². The van der Waals surface area contributed by atoms with E-state index in [4.69, 9.17) is 4.74 Å². The predicted octanol–water partition coefficient (Wildman–Crippen LogP) is 2.02. The van der Waals surface area contributed by atoms with Crippen molar-refractivity contribution in [2.75, 3.05) is 36.5 Å². The van der Waals surface area contributed by atoms with E-state index < -0.39 is 0 Å². The van der Waals surface area contributed by atoms with Crippen LogP contribution in [0, 0.1) is 25.2 Å². The molecule has 154 valence electrons. The lowest BCUT2D eigenvalue weighted by Crippen LogP contribution is -2.37. The third-order valence-corrected chi connectivity index (χ3v) is 5.30. The highest BCUT2D eigenvalue weighted by Gasteiger charge is 2.18. The van der Waals surface area contributed by atoms with Crippen molar-refractivity contribution in [3.63, 3.8) is 0 Å². The van der Waals surface area contributed by atoms with E-state index in [1.165, 1.54) is 6.20 Å². The lowest BCUT2D eigenvalue weighted by molar-refractivity contribution is -0.116. The molecule has 0 unspecified atom stereocenters. The molecule has 1 N–H and O–H groups in total. The highest BCUT2D eigenvalue weighted by atomic mass is 16.5. The van der Waals surface area contributed by atoms with E-state index in [1.54, 1.807) is 10.7 Å². The van der Waals surface area contributed by atoms with E-state index >= 15 is 0 Å². The minimum Gasteiger partial charge on any atom is -0.378 e. The zero-order chi connectivity index (χ0) is 21.1. The van der Waals surface area contributed by atoms with Crippen LogP contribution in [0.1, 0.15) is 28.9 Å². The van der Waals surface area contributed by atoms with Crippen molar-refractivity contribution < 1.29 is 9.53 Å². The summed E-state index contributed by atoms with van der Waals surface area (Å²) in [6.07, 6.45) is 4.08. The van der Waals surface area contributed by atoms with Gasteiger partial charge in [0.2, 0.25) is 5.91 Å². The number of aryl methyl sites for hydroxylation is 2. The number of anilines is 2. The zero-order valence-electron chi connectivity index (χ0n) is 17.1. The number of pyridine rings is 1. The number of aromatic nitrogens is 4. The van der Waals surface area contributed by atoms with Crippen LogP contribution in [0.25, 0.3) is 5.65 Å².